The van der Waals surface area contributed by atoms with Crippen LogP contribution in [0.2, 0.25) is 0 Å². The molecule has 3 amide bonds. The number of aliphatic carboxylic acids is 1. The van der Waals surface area contributed by atoms with Crippen LogP contribution in [-0.4, -0.2) is 137 Å². The summed E-state index contributed by atoms with van der Waals surface area (Å²) in [5.74, 6) is -5.79. The second kappa shape index (κ2) is 13.3. The molecule has 0 bridgehead atoms. The van der Waals surface area contributed by atoms with Gasteiger partial charge in [-0.05, 0) is 12.5 Å². The van der Waals surface area contributed by atoms with Crippen molar-refractivity contribution in [3.8, 4) is 0 Å². The molecule has 0 saturated carbocycles. The second-order valence-electron chi connectivity index (χ2n) is 9.76. The molecule has 2 aliphatic heterocycles. The third-order valence-electron chi connectivity index (χ3n) is 7.00. The lowest BCUT2D eigenvalue weighted by Gasteiger charge is -2.43. The number of allylic oxidation sites excluding steroid dienone is 1. The Morgan fingerprint density at radius 3 is 2.36 bits per heavy atom. The van der Waals surface area contributed by atoms with Gasteiger partial charge in [0.1, 0.15) is 54.8 Å². The second-order valence-corrected chi connectivity index (χ2v) is 9.76. The van der Waals surface area contributed by atoms with E-state index in [1.165, 1.54) is 13.0 Å². The lowest BCUT2D eigenvalue weighted by Crippen LogP contribution is -2.67. The van der Waals surface area contributed by atoms with Gasteiger partial charge in [0, 0.05) is 12.7 Å². The molecule has 1 aromatic rings. The maximum Gasteiger partial charge on any atom is 0.404 e. The first-order valence-corrected chi connectivity index (χ1v) is 12.6. The number of carbonyl (C=O) groups is 5. The summed E-state index contributed by atoms with van der Waals surface area (Å²) in [6, 6.07) is -5.63. The van der Waals surface area contributed by atoms with Crippen molar-refractivity contribution in [2.24, 2.45) is 11.5 Å². The van der Waals surface area contributed by atoms with E-state index in [4.69, 9.17) is 16.2 Å². The van der Waals surface area contributed by atoms with Crippen molar-refractivity contribution in [1.29, 1.82) is 0 Å². The molecule has 242 valence electrons. The van der Waals surface area contributed by atoms with Gasteiger partial charge in [0.25, 0.3) is 5.56 Å². The van der Waals surface area contributed by atoms with Crippen molar-refractivity contribution in [1.82, 2.24) is 19.8 Å². The summed E-state index contributed by atoms with van der Waals surface area (Å²) in [5.41, 5.74) is 7.25. The molecule has 9 atom stereocenters. The number of ether oxygens (including phenoxy) is 2. The zero-order valence-electron chi connectivity index (χ0n) is 22.7. The summed E-state index contributed by atoms with van der Waals surface area (Å²) < 4.78 is 10.3. The van der Waals surface area contributed by atoms with Crippen LogP contribution in [0.4, 0.5) is 4.79 Å². The Kier molecular flexibility index (Phi) is 10.2. The van der Waals surface area contributed by atoms with Gasteiger partial charge in [-0.2, -0.15) is 0 Å². The number of carboxylic acid groups (broad SMARTS) is 2. The predicted octanol–water partition coefficient (Wildman–Crippen LogP) is -6.28. The Balaban J connectivity index is 1.97. The number of nitrogens with two attached hydrogens (primary N) is 2. The number of H-pyrrole nitrogens is 1. The van der Waals surface area contributed by atoms with Gasteiger partial charge in [0.15, 0.2) is 12.3 Å². The molecule has 1 aromatic heterocycles. The summed E-state index contributed by atoms with van der Waals surface area (Å²) in [6.45, 7) is 0.384. The molecular weight excluding hydrogens is 600 g/mol. The molecular formula is C23H30N6O15. The quantitative estimate of drug-likeness (QED) is 0.102. The minimum atomic E-state index is -2.13. The molecule has 0 spiro atoms. The van der Waals surface area contributed by atoms with Crippen molar-refractivity contribution < 1.29 is 64.1 Å². The van der Waals surface area contributed by atoms with E-state index >= 15 is 0 Å². The fourth-order valence-corrected chi connectivity index (χ4v) is 4.60. The van der Waals surface area contributed by atoms with Crippen molar-refractivity contribution in [2.75, 3.05) is 13.2 Å². The van der Waals surface area contributed by atoms with Gasteiger partial charge in [0.2, 0.25) is 11.8 Å². The van der Waals surface area contributed by atoms with Crippen LogP contribution < -0.4 is 28.0 Å². The van der Waals surface area contributed by atoms with Crippen LogP contribution in [-0.2, 0) is 23.9 Å². The first kappa shape index (κ1) is 33.8. The van der Waals surface area contributed by atoms with E-state index in [1.54, 1.807) is 4.98 Å². The number of rotatable bonds is 11. The third-order valence-corrected chi connectivity index (χ3v) is 7.00. The number of aliphatic hydroxyl groups is 4. The molecule has 2 aliphatic rings. The Bertz CT molecular complexity index is 1470. The maximum atomic E-state index is 13.6. The van der Waals surface area contributed by atoms with E-state index in [0.717, 1.165) is 4.90 Å². The number of carbonyl (C=O) groups excluding carboxylic acids is 3. The molecule has 2 saturated heterocycles. The minimum absolute atomic E-state index is 0.243. The molecule has 3 heterocycles. The summed E-state index contributed by atoms with van der Waals surface area (Å²) in [6.07, 6.45) is -11.6. The minimum Gasteiger partial charge on any atom is -0.479 e. The van der Waals surface area contributed by atoms with Gasteiger partial charge in [0.05, 0.1) is 0 Å². The van der Waals surface area contributed by atoms with Gasteiger partial charge in [-0.25, -0.2) is 19.2 Å². The smallest absolute Gasteiger partial charge is 0.404 e. The number of aromatic nitrogens is 2. The van der Waals surface area contributed by atoms with Crippen LogP contribution in [0.25, 0.3) is 0 Å². The molecule has 44 heavy (non-hydrogen) atoms. The predicted molar refractivity (Wildman–Crippen MR) is 139 cm³/mol. The highest BCUT2D eigenvalue weighted by molar-refractivity contribution is 5.95. The lowest BCUT2D eigenvalue weighted by molar-refractivity contribution is -0.157. The van der Waals surface area contributed by atoms with Gasteiger partial charge in [-0.15, -0.1) is 0 Å². The third kappa shape index (κ3) is 6.61. The zero-order valence-corrected chi connectivity index (χ0v) is 22.7. The number of primary amides is 1. The molecule has 0 aromatic carbocycles. The first-order valence-electron chi connectivity index (χ1n) is 12.6. The van der Waals surface area contributed by atoms with E-state index in [0.29, 0.717) is 16.3 Å². The largest absolute Gasteiger partial charge is 0.479 e. The number of aromatic amines is 1. The average Bonchev–Trinajstić information content (AvgIpc) is 3.21. The molecule has 0 unspecified atom stereocenters. The lowest BCUT2D eigenvalue weighted by atomic mass is 9.92. The van der Waals surface area contributed by atoms with Crippen molar-refractivity contribution >= 4 is 29.8 Å². The molecule has 0 aliphatic carbocycles. The fourth-order valence-electron chi connectivity index (χ4n) is 4.60. The van der Waals surface area contributed by atoms with Crippen LogP contribution in [0.1, 0.15) is 23.5 Å². The highest BCUT2D eigenvalue weighted by atomic mass is 16.6. The Morgan fingerprint density at radius 2 is 1.82 bits per heavy atom. The molecule has 12 N–H and O–H groups in total. The number of hydrogen-bond acceptors (Lipinski definition) is 14. The average molecular weight is 631 g/mol. The van der Waals surface area contributed by atoms with Crippen LogP contribution in [0.5, 0.6) is 0 Å². The Hall–Kier alpha value is -4.67. The Labute approximate surface area is 244 Å². The number of aromatic carboxylic acids is 1. The van der Waals surface area contributed by atoms with Gasteiger partial charge >= 0.3 is 23.7 Å². The van der Waals surface area contributed by atoms with Crippen molar-refractivity contribution in [3.63, 3.8) is 0 Å². The van der Waals surface area contributed by atoms with Crippen molar-refractivity contribution in [3.05, 3.63) is 44.2 Å². The highest BCUT2D eigenvalue weighted by Crippen LogP contribution is 2.33. The number of nitrogens with one attached hydrogen (secondary N) is 2. The number of nitrogens with zero attached hydrogens (tertiary/aromatic N) is 2. The monoisotopic (exact) mass is 630 g/mol. The number of carboxylic acids is 2. The number of aliphatic hydroxyl groups excluding tert-OH is 4. The van der Waals surface area contributed by atoms with Gasteiger partial charge in [-0.3, -0.25) is 23.9 Å². The van der Waals surface area contributed by atoms with Crippen LogP contribution in [0.3, 0.4) is 0 Å². The zero-order chi connectivity index (χ0) is 33.2. The molecule has 0 radical (unpaired) electrons. The summed E-state index contributed by atoms with van der Waals surface area (Å²) in [5, 5.41) is 62.7. The van der Waals surface area contributed by atoms with Crippen molar-refractivity contribution in [2.45, 2.75) is 61.8 Å². The summed E-state index contributed by atoms with van der Waals surface area (Å²) in [4.78, 5) is 87.4. The number of amides is 3. The molecule has 21 nitrogen and oxygen atoms in total. The summed E-state index contributed by atoms with van der Waals surface area (Å²) >= 11 is 0. The van der Waals surface area contributed by atoms with Crippen LogP contribution in [0, 0.1) is 0 Å². The van der Waals surface area contributed by atoms with E-state index in [9.17, 15) is 64.2 Å². The Morgan fingerprint density at radius 1 is 1.18 bits per heavy atom. The van der Waals surface area contributed by atoms with Gasteiger partial charge in [-0.1, -0.05) is 6.08 Å². The number of likely N-dealkylation sites (tertiary alicyclic amines) is 1. The number of hydrogen-bond donors (Lipinski definition) is 10. The SMILES string of the molecule is C/C=C1/CN(C(=O)[C@@H](NC(=O)[C@@H](N)[C@H](O)[C@@H](O)COC(N)=O)[C@H]2O[C@@H](n3cc(C(=O)O)c(=O)[nH]c3=O)[C@H](O)[C@@H]2O)[C@@H]1C(=O)O. The van der Waals surface area contributed by atoms with E-state index in [1.807, 2.05) is 0 Å². The topological polar surface area (TPSA) is 347 Å². The molecule has 3 rings (SSSR count). The standard InChI is InChI=1S/C23H30N6O15/c1-2-6-3-28(11(6)21(39)40)18(36)10(26-17(35)9(24)12(31)8(30)5-43-22(25)41)15-13(32)14(33)19(44-15)29-4-7(20(37)38)16(34)27-23(29)42/h2,4,8-15,19,30-33H,3,5,24H2,1H3,(H2,25,41)(H,26,35)(H,37,38)(H,39,40)(H,27,34,42)/b6-2-/t8-,9-,10-,11-,12+,13-,14+,15+,19+/m0/s1. The van der Waals surface area contributed by atoms with E-state index in [2.05, 4.69) is 10.1 Å². The normalized spacial score (nSPS) is 26.6. The maximum absolute atomic E-state index is 13.6. The molecule has 2 fully saturated rings. The van der Waals surface area contributed by atoms with Gasteiger partial charge < -0.3 is 61.8 Å². The van der Waals surface area contributed by atoms with Crippen LogP contribution in [0.15, 0.2) is 27.4 Å². The van der Waals surface area contributed by atoms with Crippen LogP contribution >= 0.6 is 0 Å². The van der Waals surface area contributed by atoms with E-state index in [-0.39, 0.29) is 6.54 Å². The van der Waals surface area contributed by atoms with E-state index < -0.39 is 108 Å². The fraction of sp³-hybridized carbons (Fsp3) is 0.522. The highest BCUT2D eigenvalue weighted by Gasteiger charge is 2.54. The first-order chi connectivity index (χ1) is 20.5. The summed E-state index contributed by atoms with van der Waals surface area (Å²) in [7, 11) is 0. The molecule has 21 heteroatoms.